The van der Waals surface area contributed by atoms with Gasteiger partial charge in [-0.3, -0.25) is 4.79 Å². The second-order valence-corrected chi connectivity index (χ2v) is 6.26. The van der Waals surface area contributed by atoms with E-state index < -0.39 is 0 Å². The molecule has 100 valence electrons. The molecule has 0 radical (unpaired) electrons. The Balaban J connectivity index is 2.57. The number of hydrogen-bond acceptors (Lipinski definition) is 3. The van der Waals surface area contributed by atoms with E-state index in [9.17, 15) is 4.79 Å². The molecule has 1 amide bonds. The first-order chi connectivity index (χ1) is 8.49. The fourth-order valence-electron chi connectivity index (χ4n) is 1.68. The molecule has 0 aliphatic heterocycles. The van der Waals surface area contributed by atoms with Crippen molar-refractivity contribution in [1.82, 2.24) is 4.90 Å². The molecule has 0 unspecified atom stereocenters. The van der Waals surface area contributed by atoms with Crippen molar-refractivity contribution in [2.75, 3.05) is 13.1 Å². The van der Waals surface area contributed by atoms with Crippen molar-refractivity contribution < 1.29 is 4.79 Å². The molecule has 18 heavy (non-hydrogen) atoms. The van der Waals surface area contributed by atoms with Gasteiger partial charge < -0.3 is 10.6 Å². The number of rotatable bonds is 7. The summed E-state index contributed by atoms with van der Waals surface area (Å²) in [5.41, 5.74) is 5.50. The smallest absolute Gasteiger partial charge is 0.227 e. The Bertz CT molecular complexity index is 388. The number of carbonyl (C=O) groups excluding carboxylic acids is 1. The summed E-state index contributed by atoms with van der Waals surface area (Å²) in [5, 5.41) is 1.99. The zero-order chi connectivity index (χ0) is 13.5. The highest BCUT2D eigenvalue weighted by Crippen LogP contribution is 2.12. The second-order valence-electron chi connectivity index (χ2n) is 4.71. The van der Waals surface area contributed by atoms with Crippen molar-refractivity contribution >= 4 is 34.5 Å². The molecule has 5 heteroatoms. The van der Waals surface area contributed by atoms with Crippen LogP contribution in [0.4, 0.5) is 0 Å². The van der Waals surface area contributed by atoms with Crippen LogP contribution in [0, 0.1) is 5.92 Å². The maximum Gasteiger partial charge on any atom is 0.227 e. The summed E-state index contributed by atoms with van der Waals surface area (Å²) < 4.78 is 0. The third kappa shape index (κ3) is 5.60. The van der Waals surface area contributed by atoms with Gasteiger partial charge in [-0.05, 0) is 17.4 Å². The van der Waals surface area contributed by atoms with Gasteiger partial charge in [-0.15, -0.1) is 11.3 Å². The van der Waals surface area contributed by atoms with Crippen LogP contribution >= 0.6 is 23.6 Å². The number of carbonyl (C=O) groups is 1. The molecular weight excluding hydrogens is 264 g/mol. The van der Waals surface area contributed by atoms with Crippen LogP contribution in [-0.4, -0.2) is 28.9 Å². The van der Waals surface area contributed by atoms with E-state index in [0.717, 1.165) is 11.4 Å². The summed E-state index contributed by atoms with van der Waals surface area (Å²) in [4.78, 5) is 15.6. The number of hydrogen-bond donors (Lipinski definition) is 1. The third-order valence-corrected chi connectivity index (χ3v) is 3.55. The number of amides is 1. The van der Waals surface area contributed by atoms with E-state index in [4.69, 9.17) is 18.0 Å². The van der Waals surface area contributed by atoms with Gasteiger partial charge in [-0.2, -0.15) is 0 Å². The number of thiocarbonyl (C=S) groups is 1. The zero-order valence-corrected chi connectivity index (χ0v) is 12.5. The van der Waals surface area contributed by atoms with E-state index in [-0.39, 0.29) is 5.91 Å². The first kappa shape index (κ1) is 15.1. The Morgan fingerprint density at radius 2 is 2.28 bits per heavy atom. The molecule has 1 heterocycles. The molecule has 0 fully saturated rings. The fourth-order valence-corrected chi connectivity index (χ4v) is 2.46. The van der Waals surface area contributed by atoms with Crippen molar-refractivity contribution in [3.63, 3.8) is 0 Å². The minimum atomic E-state index is 0.155. The first-order valence-corrected chi connectivity index (χ1v) is 7.36. The second kappa shape index (κ2) is 7.48. The van der Waals surface area contributed by atoms with E-state index in [1.165, 1.54) is 0 Å². The standard InChI is InChI=1S/C13H20N2OS2/c1-10(2)9-15(6-5-12(14)17)13(16)8-11-4-3-7-18-11/h3-4,7,10H,5-6,8-9H2,1-2H3,(H2,14,17). The highest BCUT2D eigenvalue weighted by molar-refractivity contribution is 7.80. The average molecular weight is 284 g/mol. The van der Waals surface area contributed by atoms with E-state index in [0.29, 0.717) is 30.3 Å². The van der Waals surface area contributed by atoms with Crippen LogP contribution in [0.5, 0.6) is 0 Å². The van der Waals surface area contributed by atoms with Gasteiger partial charge in [-0.1, -0.05) is 32.1 Å². The monoisotopic (exact) mass is 284 g/mol. The molecule has 0 saturated carbocycles. The largest absolute Gasteiger partial charge is 0.393 e. The van der Waals surface area contributed by atoms with Crippen molar-refractivity contribution in [3.05, 3.63) is 22.4 Å². The highest BCUT2D eigenvalue weighted by atomic mass is 32.1. The van der Waals surface area contributed by atoms with Gasteiger partial charge in [0.2, 0.25) is 5.91 Å². The number of nitrogens with zero attached hydrogens (tertiary/aromatic N) is 1. The quantitative estimate of drug-likeness (QED) is 0.782. The topological polar surface area (TPSA) is 46.3 Å². The van der Waals surface area contributed by atoms with E-state index in [1.54, 1.807) is 11.3 Å². The molecule has 0 spiro atoms. The summed E-state index contributed by atoms with van der Waals surface area (Å²) in [6.07, 6.45) is 1.07. The highest BCUT2D eigenvalue weighted by Gasteiger charge is 2.15. The SMILES string of the molecule is CC(C)CN(CCC(N)=S)C(=O)Cc1cccs1. The van der Waals surface area contributed by atoms with Gasteiger partial charge in [0.25, 0.3) is 0 Å². The Morgan fingerprint density at radius 1 is 1.56 bits per heavy atom. The van der Waals surface area contributed by atoms with Crippen molar-refractivity contribution in [2.24, 2.45) is 11.7 Å². The summed E-state index contributed by atoms with van der Waals surface area (Å²) in [5.74, 6) is 0.603. The van der Waals surface area contributed by atoms with Gasteiger partial charge in [0.15, 0.2) is 0 Å². The van der Waals surface area contributed by atoms with E-state index in [2.05, 4.69) is 13.8 Å². The maximum atomic E-state index is 12.2. The lowest BCUT2D eigenvalue weighted by Crippen LogP contribution is -2.37. The summed E-state index contributed by atoms with van der Waals surface area (Å²) >= 11 is 6.49. The van der Waals surface area contributed by atoms with Gasteiger partial charge in [0, 0.05) is 24.4 Å². The summed E-state index contributed by atoms with van der Waals surface area (Å²) in [7, 11) is 0. The van der Waals surface area contributed by atoms with Crippen LogP contribution in [0.1, 0.15) is 25.1 Å². The van der Waals surface area contributed by atoms with Crippen molar-refractivity contribution in [1.29, 1.82) is 0 Å². The van der Waals surface area contributed by atoms with Gasteiger partial charge in [0.05, 0.1) is 11.4 Å². The zero-order valence-electron chi connectivity index (χ0n) is 10.9. The minimum Gasteiger partial charge on any atom is -0.393 e. The van der Waals surface area contributed by atoms with Crippen molar-refractivity contribution in [2.45, 2.75) is 26.7 Å². The molecule has 0 atom stereocenters. The Kier molecular flexibility index (Phi) is 6.29. The predicted molar refractivity (Wildman–Crippen MR) is 80.8 cm³/mol. The molecular formula is C13H20N2OS2. The van der Waals surface area contributed by atoms with Crippen LogP contribution in [0.25, 0.3) is 0 Å². The van der Waals surface area contributed by atoms with E-state index in [1.807, 2.05) is 22.4 Å². The van der Waals surface area contributed by atoms with Crippen LogP contribution in [0.2, 0.25) is 0 Å². The molecule has 3 nitrogen and oxygen atoms in total. The number of thiophene rings is 1. The molecule has 1 aromatic heterocycles. The Morgan fingerprint density at radius 3 is 2.78 bits per heavy atom. The molecule has 1 rings (SSSR count). The van der Waals surface area contributed by atoms with Gasteiger partial charge >= 0.3 is 0 Å². The van der Waals surface area contributed by atoms with Crippen LogP contribution in [0.3, 0.4) is 0 Å². The van der Waals surface area contributed by atoms with Gasteiger partial charge in [-0.25, -0.2) is 0 Å². The lowest BCUT2D eigenvalue weighted by atomic mass is 10.2. The molecule has 0 saturated heterocycles. The first-order valence-electron chi connectivity index (χ1n) is 6.07. The molecule has 0 aromatic carbocycles. The average Bonchev–Trinajstić information content (AvgIpc) is 2.76. The Labute approximate surface area is 118 Å². The van der Waals surface area contributed by atoms with Gasteiger partial charge in [0.1, 0.15) is 0 Å². The fraction of sp³-hybridized carbons (Fsp3) is 0.538. The van der Waals surface area contributed by atoms with Crippen molar-refractivity contribution in [3.8, 4) is 0 Å². The molecule has 0 aliphatic carbocycles. The summed E-state index contributed by atoms with van der Waals surface area (Å²) in [6.45, 7) is 5.59. The molecule has 0 aliphatic rings. The lowest BCUT2D eigenvalue weighted by Gasteiger charge is -2.24. The maximum absolute atomic E-state index is 12.2. The molecule has 1 aromatic rings. The predicted octanol–water partition coefficient (Wildman–Crippen LogP) is 2.45. The van der Waals surface area contributed by atoms with Crippen LogP contribution in [-0.2, 0) is 11.2 Å². The Hall–Kier alpha value is -0.940. The molecule has 2 N–H and O–H groups in total. The number of nitrogens with two attached hydrogens (primary N) is 1. The van der Waals surface area contributed by atoms with E-state index >= 15 is 0 Å². The summed E-state index contributed by atoms with van der Waals surface area (Å²) in [6, 6.07) is 3.96. The normalized spacial score (nSPS) is 10.6. The van der Waals surface area contributed by atoms with Crippen LogP contribution < -0.4 is 5.73 Å². The third-order valence-electron chi connectivity index (χ3n) is 2.47. The minimum absolute atomic E-state index is 0.155. The lowest BCUT2D eigenvalue weighted by molar-refractivity contribution is -0.130. The van der Waals surface area contributed by atoms with Crippen LogP contribution in [0.15, 0.2) is 17.5 Å². The molecule has 0 bridgehead atoms.